The molecule has 3 N–H and O–H groups in total. The molecular formula is C18H20ClN3O2. The topological polar surface area (TPSA) is 77.2 Å². The number of anilines is 1. The zero-order valence-electron chi connectivity index (χ0n) is 13.2. The van der Waals surface area contributed by atoms with Crippen molar-refractivity contribution < 1.29 is 9.53 Å². The minimum Gasteiger partial charge on any atom is -0.486 e. The monoisotopic (exact) mass is 345 g/mol. The van der Waals surface area contributed by atoms with Crippen LogP contribution < -0.4 is 15.8 Å². The summed E-state index contributed by atoms with van der Waals surface area (Å²) in [5.74, 6) is 0.545. The zero-order chi connectivity index (χ0) is 16.9. The molecule has 1 amide bonds. The molecule has 3 rings (SSSR count). The van der Waals surface area contributed by atoms with Gasteiger partial charge < -0.3 is 15.8 Å². The molecule has 1 saturated carbocycles. The van der Waals surface area contributed by atoms with Gasteiger partial charge in [-0.1, -0.05) is 17.7 Å². The van der Waals surface area contributed by atoms with Crippen molar-refractivity contribution in [2.24, 2.45) is 11.7 Å². The van der Waals surface area contributed by atoms with Gasteiger partial charge in [-0.25, -0.2) is 0 Å². The lowest BCUT2D eigenvalue weighted by molar-refractivity contribution is -0.119. The highest BCUT2D eigenvalue weighted by atomic mass is 35.5. The first kappa shape index (κ1) is 16.7. The third-order valence-corrected chi connectivity index (χ3v) is 4.44. The van der Waals surface area contributed by atoms with E-state index in [2.05, 4.69) is 10.3 Å². The van der Waals surface area contributed by atoms with E-state index >= 15 is 0 Å². The number of nitrogens with two attached hydrogens (primary N) is 1. The number of carbonyl (C=O) groups excluding carboxylic acids is 1. The average molecular weight is 346 g/mol. The molecule has 0 aliphatic heterocycles. The Hall–Kier alpha value is -2.11. The Morgan fingerprint density at radius 1 is 1.33 bits per heavy atom. The fraction of sp³-hybridized carbons (Fsp3) is 0.333. The first-order valence-corrected chi connectivity index (χ1v) is 8.38. The second kappa shape index (κ2) is 7.64. The predicted octanol–water partition coefficient (Wildman–Crippen LogP) is 3.38. The van der Waals surface area contributed by atoms with E-state index in [0.717, 1.165) is 25.0 Å². The summed E-state index contributed by atoms with van der Waals surface area (Å²) in [5.41, 5.74) is 7.34. The van der Waals surface area contributed by atoms with E-state index in [0.29, 0.717) is 23.1 Å². The Balaban J connectivity index is 1.59. The predicted molar refractivity (Wildman–Crippen MR) is 94.0 cm³/mol. The molecule has 2 atom stereocenters. The van der Waals surface area contributed by atoms with E-state index in [9.17, 15) is 4.79 Å². The van der Waals surface area contributed by atoms with Crippen molar-refractivity contribution >= 4 is 23.2 Å². The van der Waals surface area contributed by atoms with Crippen LogP contribution in [0, 0.1) is 5.92 Å². The number of nitrogens with zero attached hydrogens (tertiary/aromatic N) is 1. The maximum atomic E-state index is 12.2. The summed E-state index contributed by atoms with van der Waals surface area (Å²) < 4.78 is 5.67. The van der Waals surface area contributed by atoms with Crippen LogP contribution in [0.2, 0.25) is 5.02 Å². The maximum absolute atomic E-state index is 12.2. The van der Waals surface area contributed by atoms with Crippen molar-refractivity contribution in [1.82, 2.24) is 4.98 Å². The Labute approximate surface area is 146 Å². The van der Waals surface area contributed by atoms with Gasteiger partial charge in [-0.05, 0) is 49.6 Å². The van der Waals surface area contributed by atoms with Gasteiger partial charge in [-0.2, -0.15) is 0 Å². The highest BCUT2D eigenvalue weighted by molar-refractivity contribution is 6.32. The van der Waals surface area contributed by atoms with Gasteiger partial charge in [0.25, 0.3) is 0 Å². The summed E-state index contributed by atoms with van der Waals surface area (Å²) in [7, 11) is 0. The van der Waals surface area contributed by atoms with Crippen LogP contribution in [-0.4, -0.2) is 16.9 Å². The molecule has 1 fully saturated rings. The number of carbonyl (C=O) groups is 1. The van der Waals surface area contributed by atoms with Gasteiger partial charge in [0.05, 0.1) is 10.7 Å². The van der Waals surface area contributed by atoms with Gasteiger partial charge in [0.15, 0.2) is 0 Å². The summed E-state index contributed by atoms with van der Waals surface area (Å²) >= 11 is 6.25. The molecule has 2 unspecified atom stereocenters. The Bertz CT molecular complexity index is 709. The molecule has 24 heavy (non-hydrogen) atoms. The van der Waals surface area contributed by atoms with E-state index in [1.165, 1.54) is 0 Å². The third kappa shape index (κ3) is 4.24. The smallest absolute Gasteiger partial charge is 0.227 e. The molecule has 6 heteroatoms. The van der Waals surface area contributed by atoms with Crippen LogP contribution in [0.1, 0.15) is 25.0 Å². The summed E-state index contributed by atoms with van der Waals surface area (Å²) in [5, 5.41) is 3.35. The van der Waals surface area contributed by atoms with Crippen LogP contribution >= 0.6 is 11.6 Å². The lowest BCUT2D eigenvalue weighted by Crippen LogP contribution is -2.23. The first-order chi connectivity index (χ1) is 11.6. The van der Waals surface area contributed by atoms with Crippen molar-refractivity contribution in [3.8, 4) is 5.75 Å². The number of hydrogen-bond acceptors (Lipinski definition) is 4. The number of rotatable bonds is 5. The van der Waals surface area contributed by atoms with Crippen molar-refractivity contribution in [3.63, 3.8) is 0 Å². The number of ether oxygens (including phenoxy) is 1. The second-order valence-electron chi connectivity index (χ2n) is 6.01. The van der Waals surface area contributed by atoms with Crippen molar-refractivity contribution in [2.45, 2.75) is 31.9 Å². The maximum Gasteiger partial charge on any atom is 0.227 e. The zero-order valence-corrected chi connectivity index (χ0v) is 14.0. The van der Waals surface area contributed by atoms with Crippen LogP contribution in [0.15, 0.2) is 42.6 Å². The van der Waals surface area contributed by atoms with E-state index in [4.69, 9.17) is 22.1 Å². The number of hydrogen-bond donors (Lipinski definition) is 2. The highest BCUT2D eigenvalue weighted by Gasteiger charge is 2.27. The largest absolute Gasteiger partial charge is 0.486 e. The van der Waals surface area contributed by atoms with Crippen LogP contribution in [0.4, 0.5) is 5.69 Å². The van der Waals surface area contributed by atoms with Gasteiger partial charge in [-0.3, -0.25) is 9.78 Å². The molecule has 0 saturated heterocycles. The second-order valence-corrected chi connectivity index (χ2v) is 6.42. The molecule has 0 radical (unpaired) electrons. The molecule has 5 nitrogen and oxygen atoms in total. The van der Waals surface area contributed by atoms with Gasteiger partial charge in [0, 0.05) is 23.8 Å². The molecule has 1 aliphatic carbocycles. The lowest BCUT2D eigenvalue weighted by atomic mass is 10.1. The van der Waals surface area contributed by atoms with E-state index in [-0.39, 0.29) is 17.9 Å². The third-order valence-electron chi connectivity index (χ3n) is 4.15. The van der Waals surface area contributed by atoms with Crippen LogP contribution in [-0.2, 0) is 11.4 Å². The molecule has 2 aromatic rings. The van der Waals surface area contributed by atoms with Gasteiger partial charge in [0.1, 0.15) is 12.4 Å². The molecule has 1 aromatic heterocycles. The summed E-state index contributed by atoms with van der Waals surface area (Å²) in [6.45, 7) is 0.340. The molecule has 1 aliphatic rings. The standard InChI is InChI=1S/C18H20ClN3O2/c19-16-10-14(22-18(23)12-4-5-13(20)9-12)6-7-17(16)24-11-15-3-1-2-8-21-15/h1-3,6-8,10,12-13H,4-5,9,11,20H2,(H,22,23). The van der Waals surface area contributed by atoms with Gasteiger partial charge in [0.2, 0.25) is 5.91 Å². The molecule has 1 heterocycles. The quantitative estimate of drug-likeness (QED) is 0.870. The van der Waals surface area contributed by atoms with Crippen molar-refractivity contribution in [2.75, 3.05) is 5.32 Å². The number of aromatic nitrogens is 1. The summed E-state index contributed by atoms with van der Waals surface area (Å²) in [4.78, 5) is 16.4. The summed E-state index contributed by atoms with van der Waals surface area (Å²) in [6.07, 6.45) is 4.20. The van der Waals surface area contributed by atoms with Crippen LogP contribution in [0.3, 0.4) is 0 Å². The molecule has 0 bridgehead atoms. The van der Waals surface area contributed by atoms with Crippen molar-refractivity contribution in [3.05, 3.63) is 53.3 Å². The SMILES string of the molecule is NC1CCC(C(=O)Nc2ccc(OCc3ccccn3)c(Cl)c2)C1. The number of benzene rings is 1. The van der Waals surface area contributed by atoms with E-state index in [1.807, 2.05) is 18.2 Å². The average Bonchev–Trinajstić information content (AvgIpc) is 3.02. The minimum absolute atomic E-state index is 0.00108. The summed E-state index contributed by atoms with van der Waals surface area (Å²) in [6, 6.07) is 11.0. The minimum atomic E-state index is -0.0149. The number of halogens is 1. The van der Waals surface area contributed by atoms with Crippen LogP contribution in [0.5, 0.6) is 5.75 Å². The van der Waals surface area contributed by atoms with E-state index in [1.54, 1.807) is 24.4 Å². The number of pyridine rings is 1. The Morgan fingerprint density at radius 2 is 2.21 bits per heavy atom. The Kier molecular flexibility index (Phi) is 5.33. The normalized spacial score (nSPS) is 19.9. The van der Waals surface area contributed by atoms with Crippen molar-refractivity contribution in [1.29, 1.82) is 0 Å². The molecule has 126 valence electrons. The lowest BCUT2D eigenvalue weighted by Gasteiger charge is -2.13. The van der Waals surface area contributed by atoms with Gasteiger partial charge in [-0.15, -0.1) is 0 Å². The molecule has 1 aromatic carbocycles. The van der Waals surface area contributed by atoms with E-state index < -0.39 is 0 Å². The fourth-order valence-electron chi connectivity index (χ4n) is 2.83. The molecular weight excluding hydrogens is 326 g/mol. The fourth-order valence-corrected chi connectivity index (χ4v) is 3.06. The number of nitrogens with one attached hydrogen (secondary N) is 1. The first-order valence-electron chi connectivity index (χ1n) is 8.00. The Morgan fingerprint density at radius 3 is 2.88 bits per heavy atom. The van der Waals surface area contributed by atoms with Crippen LogP contribution in [0.25, 0.3) is 0 Å². The van der Waals surface area contributed by atoms with Gasteiger partial charge >= 0.3 is 0 Å². The molecule has 0 spiro atoms. The highest BCUT2D eigenvalue weighted by Crippen LogP contribution is 2.30. The number of amides is 1.